The van der Waals surface area contributed by atoms with Gasteiger partial charge in [0.05, 0.1) is 27.5 Å². The molecule has 2 aromatic carbocycles. The van der Waals surface area contributed by atoms with Gasteiger partial charge >= 0.3 is 5.97 Å². The number of nitrogens with one attached hydrogen (secondary N) is 2. The molecule has 0 saturated carbocycles. The molecular formula is C28H28ClFN4O4. The van der Waals surface area contributed by atoms with Crippen molar-refractivity contribution in [1.29, 1.82) is 0 Å². The van der Waals surface area contributed by atoms with Crippen LogP contribution in [0.15, 0.2) is 48.5 Å². The number of aromatic carboxylic acids is 1. The maximum Gasteiger partial charge on any atom is 0.337 e. The highest BCUT2D eigenvalue weighted by atomic mass is 35.5. The van der Waals surface area contributed by atoms with E-state index in [1.807, 2.05) is 43.0 Å². The van der Waals surface area contributed by atoms with Crippen LogP contribution in [0.2, 0.25) is 5.02 Å². The molecule has 0 aliphatic carbocycles. The predicted octanol–water partition coefficient (Wildman–Crippen LogP) is 4.76. The zero-order valence-electron chi connectivity index (χ0n) is 21.4. The van der Waals surface area contributed by atoms with Crippen LogP contribution in [0.3, 0.4) is 0 Å². The molecule has 0 unspecified atom stereocenters. The van der Waals surface area contributed by atoms with Gasteiger partial charge in [0.15, 0.2) is 0 Å². The lowest BCUT2D eigenvalue weighted by Gasteiger charge is -2.50. The molecule has 1 saturated heterocycles. The number of aromatic nitrogens is 1. The first-order chi connectivity index (χ1) is 18.0. The number of carboxylic acids is 1. The Balaban J connectivity index is 1.75. The van der Waals surface area contributed by atoms with Gasteiger partial charge < -0.3 is 20.6 Å². The summed E-state index contributed by atoms with van der Waals surface area (Å²) < 4.78 is 14.4. The van der Waals surface area contributed by atoms with E-state index in [2.05, 4.69) is 15.6 Å². The van der Waals surface area contributed by atoms with E-state index in [1.165, 1.54) is 19.2 Å². The van der Waals surface area contributed by atoms with E-state index in [9.17, 15) is 23.9 Å². The summed E-state index contributed by atoms with van der Waals surface area (Å²) in [6.45, 7) is 6.18. The van der Waals surface area contributed by atoms with Gasteiger partial charge in [0.25, 0.3) is 5.91 Å². The normalized spacial score (nSPS) is 14.1. The second kappa shape index (κ2) is 10.4. The summed E-state index contributed by atoms with van der Waals surface area (Å²) in [5.74, 6) is -2.09. The number of nitrogens with zero attached hydrogens (tertiary/aromatic N) is 2. The van der Waals surface area contributed by atoms with Crippen molar-refractivity contribution in [1.82, 2.24) is 10.3 Å². The molecular weight excluding hydrogens is 511 g/mol. The number of carboxylic acid groups (broad SMARTS) is 1. The highest BCUT2D eigenvalue weighted by Crippen LogP contribution is 2.42. The van der Waals surface area contributed by atoms with E-state index in [0.717, 1.165) is 17.2 Å². The van der Waals surface area contributed by atoms with Crippen molar-refractivity contribution in [2.24, 2.45) is 0 Å². The number of aryl methyl sites for hydroxylation is 1. The van der Waals surface area contributed by atoms with Gasteiger partial charge in [-0.05, 0) is 48.2 Å². The van der Waals surface area contributed by atoms with E-state index in [-0.39, 0.29) is 40.8 Å². The minimum Gasteiger partial charge on any atom is -0.478 e. The molecule has 1 fully saturated rings. The van der Waals surface area contributed by atoms with Crippen molar-refractivity contribution >= 4 is 40.9 Å². The van der Waals surface area contributed by atoms with Crippen LogP contribution in [-0.2, 0) is 10.2 Å². The van der Waals surface area contributed by atoms with Crippen LogP contribution in [0.25, 0.3) is 0 Å². The number of pyridine rings is 1. The number of hydrogen-bond acceptors (Lipinski definition) is 5. The molecule has 38 heavy (non-hydrogen) atoms. The molecule has 0 atom stereocenters. The number of benzene rings is 2. The summed E-state index contributed by atoms with van der Waals surface area (Å²) in [6.07, 6.45) is 0. The van der Waals surface area contributed by atoms with Crippen molar-refractivity contribution in [3.63, 3.8) is 0 Å². The number of amides is 2. The zero-order chi connectivity index (χ0) is 27.8. The highest BCUT2D eigenvalue weighted by molar-refractivity contribution is 6.31. The average Bonchev–Trinajstić information content (AvgIpc) is 2.85. The topological polar surface area (TPSA) is 112 Å². The molecule has 2 heterocycles. The monoisotopic (exact) mass is 538 g/mol. The molecule has 10 heteroatoms. The van der Waals surface area contributed by atoms with E-state index in [1.54, 1.807) is 13.0 Å². The summed E-state index contributed by atoms with van der Waals surface area (Å²) >= 11 is 5.92. The van der Waals surface area contributed by atoms with Gasteiger partial charge in [0.2, 0.25) is 5.91 Å². The van der Waals surface area contributed by atoms with Gasteiger partial charge in [-0.2, -0.15) is 0 Å². The molecule has 0 bridgehead atoms. The summed E-state index contributed by atoms with van der Waals surface area (Å²) in [6, 6.07) is 13.0. The Morgan fingerprint density at radius 2 is 1.79 bits per heavy atom. The quantitative estimate of drug-likeness (QED) is 0.400. The lowest BCUT2D eigenvalue weighted by atomic mass is 9.69. The highest BCUT2D eigenvalue weighted by Gasteiger charge is 2.52. The first-order valence-electron chi connectivity index (χ1n) is 12.1. The van der Waals surface area contributed by atoms with Gasteiger partial charge in [0, 0.05) is 20.1 Å². The fourth-order valence-corrected chi connectivity index (χ4v) is 4.97. The largest absolute Gasteiger partial charge is 0.478 e. The maximum atomic E-state index is 14.4. The molecule has 0 spiro atoms. The molecule has 3 N–H and O–H groups in total. The molecule has 2 amide bonds. The second-order valence-electron chi connectivity index (χ2n) is 9.63. The van der Waals surface area contributed by atoms with E-state index in [4.69, 9.17) is 11.6 Å². The Hall–Kier alpha value is -3.98. The van der Waals surface area contributed by atoms with Crippen molar-refractivity contribution in [3.8, 4) is 0 Å². The second-order valence-corrected chi connectivity index (χ2v) is 10.0. The van der Waals surface area contributed by atoms with Gasteiger partial charge in [-0.15, -0.1) is 0 Å². The van der Waals surface area contributed by atoms with Crippen LogP contribution in [0.4, 0.5) is 15.9 Å². The fraction of sp³-hybridized carbons (Fsp3) is 0.286. The van der Waals surface area contributed by atoms with Crippen molar-refractivity contribution < 1.29 is 23.9 Å². The van der Waals surface area contributed by atoms with E-state index in [0.29, 0.717) is 11.5 Å². The third-order valence-corrected chi connectivity index (χ3v) is 7.15. The number of anilines is 2. The first kappa shape index (κ1) is 27.1. The minimum absolute atomic E-state index is 0.0101. The summed E-state index contributed by atoms with van der Waals surface area (Å²) in [7, 11) is 1.43. The van der Waals surface area contributed by atoms with Crippen molar-refractivity contribution in [3.05, 3.63) is 87.3 Å². The molecule has 1 aliphatic rings. The molecule has 3 aromatic rings. The number of carbonyl (C=O) groups excluding carboxylic acids is 2. The smallest absolute Gasteiger partial charge is 0.337 e. The van der Waals surface area contributed by atoms with Gasteiger partial charge in [-0.25, -0.2) is 14.2 Å². The zero-order valence-corrected chi connectivity index (χ0v) is 22.2. The molecule has 0 radical (unpaired) electrons. The summed E-state index contributed by atoms with van der Waals surface area (Å²) in [4.78, 5) is 44.2. The van der Waals surface area contributed by atoms with Gasteiger partial charge in [-0.1, -0.05) is 49.7 Å². The Morgan fingerprint density at radius 1 is 1.11 bits per heavy atom. The van der Waals surface area contributed by atoms with Crippen LogP contribution >= 0.6 is 11.6 Å². The molecule has 1 aliphatic heterocycles. The number of carbonyl (C=O) groups is 3. The predicted molar refractivity (Wildman–Crippen MR) is 144 cm³/mol. The third-order valence-electron chi connectivity index (χ3n) is 6.86. The Morgan fingerprint density at radius 3 is 2.39 bits per heavy atom. The van der Waals surface area contributed by atoms with Crippen molar-refractivity contribution in [2.75, 3.05) is 30.4 Å². The first-order valence-corrected chi connectivity index (χ1v) is 12.4. The summed E-state index contributed by atoms with van der Waals surface area (Å²) in [5, 5.41) is 14.4. The standard InChI is InChI=1S/C28H28ClFN4O4/c1-15(2)17-7-5-6-8-20(17)28(13-34(14-28)24-10-9-18(26(36)37)16(3)32-24)27(38)33-23-12-22(30)21(29)11-19(23)25(35)31-4/h5-12,15H,13-14H2,1-4H3,(H,31,35)(H,33,38)(H,36,37). The number of rotatable bonds is 7. The third kappa shape index (κ3) is 4.81. The Kier molecular flexibility index (Phi) is 7.42. The minimum atomic E-state index is -1.06. The van der Waals surface area contributed by atoms with Gasteiger partial charge in [-0.3, -0.25) is 9.59 Å². The van der Waals surface area contributed by atoms with E-state index < -0.39 is 29.0 Å². The Bertz CT molecular complexity index is 1440. The molecule has 4 rings (SSSR count). The molecule has 8 nitrogen and oxygen atoms in total. The lowest BCUT2D eigenvalue weighted by Crippen LogP contribution is -2.66. The van der Waals surface area contributed by atoms with Gasteiger partial charge in [0.1, 0.15) is 17.1 Å². The van der Waals surface area contributed by atoms with Crippen LogP contribution in [0.1, 0.15) is 57.3 Å². The van der Waals surface area contributed by atoms with Crippen LogP contribution in [0.5, 0.6) is 0 Å². The SMILES string of the molecule is CNC(=O)c1cc(Cl)c(F)cc1NC(=O)C1(c2ccccc2C(C)C)CN(c2ccc(C(=O)O)c(C)n2)C1. The number of halogens is 2. The average molecular weight is 539 g/mol. The maximum absolute atomic E-state index is 14.4. The Labute approximate surface area is 224 Å². The summed E-state index contributed by atoms with van der Waals surface area (Å²) in [5.41, 5.74) is 1.28. The van der Waals surface area contributed by atoms with Crippen LogP contribution in [-0.4, -0.2) is 48.0 Å². The molecule has 198 valence electrons. The van der Waals surface area contributed by atoms with Crippen LogP contribution < -0.4 is 15.5 Å². The lowest BCUT2D eigenvalue weighted by molar-refractivity contribution is -0.122. The fourth-order valence-electron chi connectivity index (χ4n) is 4.80. The molecule has 1 aromatic heterocycles. The van der Waals surface area contributed by atoms with Crippen molar-refractivity contribution in [2.45, 2.75) is 32.1 Å². The van der Waals surface area contributed by atoms with Crippen LogP contribution in [0, 0.1) is 12.7 Å². The van der Waals surface area contributed by atoms with E-state index >= 15 is 0 Å². The number of hydrogen-bond donors (Lipinski definition) is 3.